The molecule has 1 spiro atoms. The summed E-state index contributed by atoms with van der Waals surface area (Å²) >= 11 is 6.00. The molecule has 1 aliphatic carbocycles. The molecule has 3 rings (SSSR count). The third-order valence-corrected chi connectivity index (χ3v) is 4.36. The van der Waals surface area contributed by atoms with Crippen LogP contribution in [0.3, 0.4) is 0 Å². The zero-order valence-corrected chi connectivity index (χ0v) is 9.97. The molecule has 1 heterocycles. The lowest BCUT2D eigenvalue weighted by Crippen LogP contribution is -2.36. The number of rotatable bonds is 0. The van der Waals surface area contributed by atoms with E-state index in [1.54, 1.807) is 0 Å². The molecule has 2 atom stereocenters. The van der Waals surface area contributed by atoms with E-state index in [0.717, 1.165) is 17.9 Å². The summed E-state index contributed by atoms with van der Waals surface area (Å²) in [4.78, 5) is 11.6. The molecule has 1 saturated heterocycles. The van der Waals surface area contributed by atoms with Gasteiger partial charge in [-0.15, -0.1) is 0 Å². The third kappa shape index (κ3) is 1.23. The van der Waals surface area contributed by atoms with Crippen molar-refractivity contribution in [2.75, 3.05) is 0 Å². The van der Waals surface area contributed by atoms with Gasteiger partial charge in [0.2, 0.25) is 5.91 Å². The molecule has 1 aromatic carbocycles. The first-order valence-electron chi connectivity index (χ1n) is 5.70. The highest BCUT2D eigenvalue weighted by molar-refractivity contribution is 6.30. The highest BCUT2D eigenvalue weighted by Gasteiger charge is 2.49. The standard InChI is InChI=1S/C13H14ClNO/c1-8-13(7-12(16)15-8)5-4-9-6-10(14)2-3-11(9)13/h2-3,6,8H,4-5,7H2,1H3,(H,15,16). The quantitative estimate of drug-likeness (QED) is 0.735. The van der Waals surface area contributed by atoms with Crippen molar-refractivity contribution in [3.8, 4) is 0 Å². The number of hydrogen-bond acceptors (Lipinski definition) is 1. The molecule has 1 fully saturated rings. The van der Waals surface area contributed by atoms with Crippen LogP contribution in [0, 0.1) is 0 Å². The molecule has 0 radical (unpaired) electrons. The van der Waals surface area contributed by atoms with Gasteiger partial charge in [0.15, 0.2) is 0 Å². The van der Waals surface area contributed by atoms with E-state index in [9.17, 15) is 4.79 Å². The van der Waals surface area contributed by atoms with Crippen molar-refractivity contribution < 1.29 is 4.79 Å². The first kappa shape index (κ1) is 10.2. The fourth-order valence-corrected chi connectivity index (χ4v) is 3.45. The number of aryl methyl sites for hydroxylation is 1. The summed E-state index contributed by atoms with van der Waals surface area (Å²) in [7, 11) is 0. The third-order valence-electron chi connectivity index (χ3n) is 4.13. The minimum absolute atomic E-state index is 0.0248. The fraction of sp³-hybridized carbons (Fsp3) is 0.462. The van der Waals surface area contributed by atoms with Crippen LogP contribution in [0.4, 0.5) is 0 Å². The summed E-state index contributed by atoms with van der Waals surface area (Å²) in [6, 6.07) is 6.31. The van der Waals surface area contributed by atoms with Gasteiger partial charge in [-0.25, -0.2) is 0 Å². The minimum Gasteiger partial charge on any atom is -0.353 e. The predicted molar refractivity (Wildman–Crippen MR) is 63.7 cm³/mol. The van der Waals surface area contributed by atoms with Crippen molar-refractivity contribution in [1.29, 1.82) is 0 Å². The second kappa shape index (κ2) is 3.24. The van der Waals surface area contributed by atoms with Gasteiger partial charge in [0, 0.05) is 22.9 Å². The summed E-state index contributed by atoms with van der Waals surface area (Å²) in [6.07, 6.45) is 2.72. The van der Waals surface area contributed by atoms with E-state index in [1.807, 2.05) is 12.1 Å². The van der Waals surface area contributed by atoms with Crippen LogP contribution in [0.2, 0.25) is 5.02 Å². The molecule has 1 N–H and O–H groups in total. The summed E-state index contributed by atoms with van der Waals surface area (Å²) in [5.74, 6) is 0.176. The summed E-state index contributed by atoms with van der Waals surface area (Å²) in [5.41, 5.74) is 2.66. The van der Waals surface area contributed by atoms with Gasteiger partial charge in [0.05, 0.1) is 0 Å². The second-order valence-electron chi connectivity index (χ2n) is 4.92. The monoisotopic (exact) mass is 235 g/mol. The lowest BCUT2D eigenvalue weighted by Gasteiger charge is -2.28. The van der Waals surface area contributed by atoms with E-state index >= 15 is 0 Å². The predicted octanol–water partition coefficient (Wildman–Crippen LogP) is 2.43. The zero-order chi connectivity index (χ0) is 11.3. The molecule has 0 bridgehead atoms. The number of fused-ring (bicyclic) bond motifs is 2. The molecule has 0 saturated carbocycles. The van der Waals surface area contributed by atoms with Crippen LogP contribution in [0.15, 0.2) is 18.2 Å². The van der Waals surface area contributed by atoms with E-state index in [-0.39, 0.29) is 17.4 Å². The Hall–Kier alpha value is -1.02. The molecular formula is C13H14ClNO. The average Bonchev–Trinajstić information content (AvgIpc) is 2.70. The summed E-state index contributed by atoms with van der Waals surface area (Å²) in [6.45, 7) is 2.11. The lowest BCUT2D eigenvalue weighted by molar-refractivity contribution is -0.119. The molecule has 3 heteroatoms. The largest absolute Gasteiger partial charge is 0.353 e. The number of carbonyl (C=O) groups is 1. The van der Waals surface area contributed by atoms with E-state index in [0.29, 0.717) is 6.42 Å². The summed E-state index contributed by atoms with van der Waals surface area (Å²) < 4.78 is 0. The smallest absolute Gasteiger partial charge is 0.221 e. The Bertz CT molecular complexity index is 471. The molecule has 84 valence electrons. The molecule has 16 heavy (non-hydrogen) atoms. The van der Waals surface area contributed by atoms with E-state index in [4.69, 9.17) is 11.6 Å². The molecule has 2 unspecified atom stereocenters. The van der Waals surface area contributed by atoms with Gasteiger partial charge >= 0.3 is 0 Å². The van der Waals surface area contributed by atoms with E-state index in [2.05, 4.69) is 18.3 Å². The second-order valence-corrected chi connectivity index (χ2v) is 5.36. The highest BCUT2D eigenvalue weighted by Crippen LogP contribution is 2.47. The topological polar surface area (TPSA) is 29.1 Å². The van der Waals surface area contributed by atoms with Crippen molar-refractivity contribution in [1.82, 2.24) is 5.32 Å². The van der Waals surface area contributed by atoms with Gasteiger partial charge in [-0.3, -0.25) is 4.79 Å². The van der Waals surface area contributed by atoms with Crippen molar-refractivity contribution in [2.45, 2.75) is 37.6 Å². The van der Waals surface area contributed by atoms with Crippen LogP contribution >= 0.6 is 11.6 Å². The Morgan fingerprint density at radius 1 is 1.50 bits per heavy atom. The first-order valence-corrected chi connectivity index (χ1v) is 6.08. The van der Waals surface area contributed by atoms with Crippen LogP contribution in [0.1, 0.15) is 30.9 Å². The van der Waals surface area contributed by atoms with E-state index < -0.39 is 0 Å². The number of carbonyl (C=O) groups excluding carboxylic acids is 1. The molecule has 1 aromatic rings. The zero-order valence-electron chi connectivity index (χ0n) is 9.22. The Kier molecular flexibility index (Phi) is 2.05. The maximum Gasteiger partial charge on any atom is 0.221 e. The van der Waals surface area contributed by atoms with Crippen LogP contribution in [-0.2, 0) is 16.6 Å². The van der Waals surface area contributed by atoms with Crippen molar-refractivity contribution in [2.24, 2.45) is 0 Å². The first-order chi connectivity index (χ1) is 7.62. The number of halogens is 1. The Labute approximate surface area is 100.0 Å². The highest BCUT2D eigenvalue weighted by atomic mass is 35.5. The summed E-state index contributed by atoms with van der Waals surface area (Å²) in [5, 5.41) is 3.83. The molecule has 2 nitrogen and oxygen atoms in total. The van der Waals surface area contributed by atoms with Gasteiger partial charge in [0.25, 0.3) is 0 Å². The van der Waals surface area contributed by atoms with Crippen LogP contribution < -0.4 is 5.32 Å². The number of benzene rings is 1. The SMILES string of the molecule is CC1NC(=O)CC12CCc1cc(Cl)ccc12. The average molecular weight is 236 g/mol. The van der Waals surface area contributed by atoms with Crippen LogP contribution in [0.25, 0.3) is 0 Å². The maximum atomic E-state index is 11.6. The maximum absolute atomic E-state index is 11.6. The van der Waals surface area contributed by atoms with Gasteiger partial charge in [-0.1, -0.05) is 17.7 Å². The molecular weight excluding hydrogens is 222 g/mol. The van der Waals surface area contributed by atoms with Crippen molar-refractivity contribution >= 4 is 17.5 Å². The number of amides is 1. The lowest BCUT2D eigenvalue weighted by atomic mass is 9.76. The van der Waals surface area contributed by atoms with Gasteiger partial charge in [0.1, 0.15) is 0 Å². The number of nitrogens with one attached hydrogen (secondary N) is 1. The molecule has 0 aromatic heterocycles. The van der Waals surface area contributed by atoms with Crippen molar-refractivity contribution in [3.05, 3.63) is 34.3 Å². The van der Waals surface area contributed by atoms with E-state index in [1.165, 1.54) is 11.1 Å². The van der Waals surface area contributed by atoms with Gasteiger partial charge in [-0.05, 0) is 43.0 Å². The molecule has 2 aliphatic rings. The fourth-order valence-electron chi connectivity index (χ4n) is 3.25. The Morgan fingerprint density at radius 2 is 2.31 bits per heavy atom. The van der Waals surface area contributed by atoms with Gasteiger partial charge < -0.3 is 5.32 Å². The normalized spacial score (nSPS) is 31.9. The minimum atomic E-state index is 0.0248. The van der Waals surface area contributed by atoms with Crippen molar-refractivity contribution in [3.63, 3.8) is 0 Å². The Morgan fingerprint density at radius 3 is 3.00 bits per heavy atom. The Balaban J connectivity index is 2.12. The van der Waals surface area contributed by atoms with Crippen LogP contribution in [0.5, 0.6) is 0 Å². The van der Waals surface area contributed by atoms with Gasteiger partial charge in [-0.2, -0.15) is 0 Å². The number of hydrogen-bond donors (Lipinski definition) is 1. The molecule has 1 amide bonds. The van der Waals surface area contributed by atoms with Crippen LogP contribution in [-0.4, -0.2) is 11.9 Å². The molecule has 1 aliphatic heterocycles.